The highest BCUT2D eigenvalue weighted by molar-refractivity contribution is 9.10. The highest BCUT2D eigenvalue weighted by Gasteiger charge is 2.34. The monoisotopic (exact) mass is 296 g/mol. The number of hydrogen-bond acceptors (Lipinski definition) is 4. The van der Waals surface area contributed by atoms with Crippen LogP contribution >= 0.6 is 15.9 Å². The maximum absolute atomic E-state index is 4.44. The first-order valence-electron chi connectivity index (χ1n) is 6.21. The van der Waals surface area contributed by atoms with E-state index in [9.17, 15) is 0 Å². The van der Waals surface area contributed by atoms with Crippen molar-refractivity contribution in [3.63, 3.8) is 0 Å². The number of halogens is 1. The van der Waals surface area contributed by atoms with E-state index in [0.717, 1.165) is 28.7 Å². The molecule has 0 spiro atoms. The Morgan fingerprint density at radius 2 is 2.12 bits per heavy atom. The predicted octanol–water partition coefficient (Wildman–Crippen LogP) is 2.05. The maximum Gasteiger partial charge on any atom is 0.131 e. The summed E-state index contributed by atoms with van der Waals surface area (Å²) in [5, 5.41) is 3.57. The number of hydrogen-bond donors (Lipinski definition) is 1. The van der Waals surface area contributed by atoms with Crippen LogP contribution in [0.5, 0.6) is 0 Å². The minimum Gasteiger partial charge on any atom is -0.366 e. The van der Waals surface area contributed by atoms with Gasteiger partial charge in [-0.3, -0.25) is 0 Å². The smallest absolute Gasteiger partial charge is 0.131 e. The van der Waals surface area contributed by atoms with Crippen LogP contribution in [-0.2, 0) is 0 Å². The fraction of sp³-hybridized carbons (Fsp3) is 0.667. The average Bonchev–Trinajstić information content (AvgIpc) is 2.29. The zero-order chi connectivity index (χ0) is 11.8. The van der Waals surface area contributed by atoms with E-state index in [2.05, 4.69) is 36.1 Å². The summed E-state index contributed by atoms with van der Waals surface area (Å²) < 4.78 is 0.855. The van der Waals surface area contributed by atoms with Crippen molar-refractivity contribution >= 4 is 21.7 Å². The summed E-state index contributed by atoms with van der Waals surface area (Å²) in [5.41, 5.74) is 0. The number of fused-ring (bicyclic) bond motifs is 3. The van der Waals surface area contributed by atoms with Gasteiger partial charge in [-0.25, -0.2) is 9.97 Å². The summed E-state index contributed by atoms with van der Waals surface area (Å²) in [6.07, 6.45) is 2.64. The molecule has 0 saturated carbocycles. The van der Waals surface area contributed by atoms with E-state index in [1.807, 2.05) is 13.0 Å². The molecule has 4 nitrogen and oxygen atoms in total. The van der Waals surface area contributed by atoms with Crippen molar-refractivity contribution in [3.8, 4) is 0 Å². The summed E-state index contributed by atoms with van der Waals surface area (Å²) in [5.74, 6) is 2.57. The number of nitrogens with one attached hydrogen (secondary N) is 1. The van der Waals surface area contributed by atoms with Crippen LogP contribution in [0, 0.1) is 12.8 Å². The summed E-state index contributed by atoms with van der Waals surface area (Å²) in [6.45, 7) is 5.63. The first-order valence-corrected chi connectivity index (χ1v) is 7.00. The van der Waals surface area contributed by atoms with E-state index in [1.165, 1.54) is 25.9 Å². The van der Waals surface area contributed by atoms with Crippen molar-refractivity contribution in [1.29, 1.82) is 0 Å². The lowest BCUT2D eigenvalue weighted by atomic mass is 9.84. The van der Waals surface area contributed by atoms with Crippen LogP contribution in [0.4, 0.5) is 5.82 Å². The van der Waals surface area contributed by atoms with Crippen LogP contribution < -0.4 is 5.32 Å². The van der Waals surface area contributed by atoms with Crippen molar-refractivity contribution < 1.29 is 0 Å². The van der Waals surface area contributed by atoms with E-state index < -0.39 is 0 Å². The second-order valence-electron chi connectivity index (χ2n) is 5.01. The fourth-order valence-electron chi connectivity index (χ4n) is 2.92. The topological polar surface area (TPSA) is 41.1 Å². The molecule has 0 aromatic carbocycles. The molecular formula is C12H17BrN4. The Labute approximate surface area is 110 Å². The average molecular weight is 297 g/mol. The van der Waals surface area contributed by atoms with Gasteiger partial charge >= 0.3 is 0 Å². The van der Waals surface area contributed by atoms with Gasteiger partial charge in [-0.15, -0.1) is 0 Å². The van der Waals surface area contributed by atoms with Crippen molar-refractivity contribution in [3.05, 3.63) is 16.5 Å². The van der Waals surface area contributed by atoms with E-state index >= 15 is 0 Å². The Bertz CT molecular complexity index is 395. The molecule has 0 aliphatic carbocycles. The molecule has 5 heteroatoms. The van der Waals surface area contributed by atoms with E-state index in [1.54, 1.807) is 0 Å². The number of rotatable bonds is 2. The number of aromatic nitrogens is 2. The van der Waals surface area contributed by atoms with Crippen molar-refractivity contribution in [1.82, 2.24) is 14.9 Å². The van der Waals surface area contributed by atoms with Crippen LogP contribution in [0.15, 0.2) is 10.7 Å². The molecule has 3 aliphatic rings. The Kier molecular flexibility index (Phi) is 3.04. The standard InChI is InChI=1S/C12H17BrN4/c1-8-14-11(13)6-12(15-8)16-10-7-17-4-2-9(10)3-5-17/h6,9-10H,2-5,7H2,1H3,(H,14,15,16). The van der Waals surface area contributed by atoms with Gasteiger partial charge in [0.25, 0.3) is 0 Å². The SMILES string of the molecule is Cc1nc(Br)cc(NC2CN3CCC2CC3)n1. The Morgan fingerprint density at radius 3 is 2.71 bits per heavy atom. The molecule has 3 saturated heterocycles. The lowest BCUT2D eigenvalue weighted by Gasteiger charge is -2.45. The number of aryl methyl sites for hydroxylation is 1. The lowest BCUT2D eigenvalue weighted by Crippen LogP contribution is -2.53. The van der Waals surface area contributed by atoms with Crippen molar-refractivity contribution in [2.75, 3.05) is 25.0 Å². The van der Waals surface area contributed by atoms with Crippen LogP contribution in [0.2, 0.25) is 0 Å². The van der Waals surface area contributed by atoms with Crippen LogP contribution in [0.3, 0.4) is 0 Å². The summed E-state index contributed by atoms with van der Waals surface area (Å²) in [7, 11) is 0. The molecule has 1 aromatic rings. The molecule has 0 radical (unpaired) electrons. The molecule has 3 aliphatic heterocycles. The molecular weight excluding hydrogens is 280 g/mol. The van der Waals surface area contributed by atoms with E-state index in [0.29, 0.717) is 6.04 Å². The zero-order valence-electron chi connectivity index (χ0n) is 9.99. The normalized spacial score (nSPS) is 31.5. The first kappa shape index (κ1) is 11.4. The summed E-state index contributed by atoms with van der Waals surface area (Å²) in [4.78, 5) is 11.2. The van der Waals surface area contributed by atoms with Gasteiger partial charge in [-0.05, 0) is 54.7 Å². The first-order chi connectivity index (χ1) is 8.20. The molecule has 2 bridgehead atoms. The lowest BCUT2D eigenvalue weighted by molar-refractivity contribution is 0.0973. The van der Waals surface area contributed by atoms with E-state index in [4.69, 9.17) is 0 Å². The van der Waals surface area contributed by atoms with Gasteiger partial charge in [0.1, 0.15) is 16.2 Å². The number of piperidine rings is 3. The predicted molar refractivity (Wildman–Crippen MR) is 71.0 cm³/mol. The number of nitrogens with zero attached hydrogens (tertiary/aromatic N) is 3. The molecule has 3 fully saturated rings. The molecule has 1 aromatic heterocycles. The third-order valence-corrected chi connectivity index (χ3v) is 4.20. The van der Waals surface area contributed by atoms with Gasteiger partial charge in [-0.2, -0.15) is 0 Å². The largest absolute Gasteiger partial charge is 0.366 e. The van der Waals surface area contributed by atoms with Gasteiger partial charge in [-0.1, -0.05) is 0 Å². The van der Waals surface area contributed by atoms with Gasteiger partial charge in [0.15, 0.2) is 0 Å². The molecule has 92 valence electrons. The van der Waals surface area contributed by atoms with Gasteiger partial charge < -0.3 is 10.2 Å². The third kappa shape index (κ3) is 2.45. The summed E-state index contributed by atoms with van der Waals surface area (Å²) >= 11 is 3.42. The molecule has 17 heavy (non-hydrogen) atoms. The minimum atomic E-state index is 0.554. The minimum absolute atomic E-state index is 0.554. The van der Waals surface area contributed by atoms with Crippen LogP contribution in [0.1, 0.15) is 18.7 Å². The number of anilines is 1. The summed E-state index contributed by atoms with van der Waals surface area (Å²) in [6, 6.07) is 2.52. The molecule has 0 amide bonds. The quantitative estimate of drug-likeness (QED) is 0.848. The Hall–Kier alpha value is -0.680. The van der Waals surface area contributed by atoms with Crippen molar-refractivity contribution in [2.24, 2.45) is 5.92 Å². The molecule has 1 unspecified atom stereocenters. The fourth-order valence-corrected chi connectivity index (χ4v) is 3.40. The van der Waals surface area contributed by atoms with Crippen LogP contribution in [0.25, 0.3) is 0 Å². The van der Waals surface area contributed by atoms with Gasteiger partial charge in [0, 0.05) is 18.7 Å². The second-order valence-corrected chi connectivity index (χ2v) is 5.82. The third-order valence-electron chi connectivity index (χ3n) is 3.80. The molecule has 1 N–H and O–H groups in total. The van der Waals surface area contributed by atoms with Crippen LogP contribution in [-0.4, -0.2) is 40.5 Å². The second kappa shape index (κ2) is 4.53. The molecule has 4 heterocycles. The Morgan fingerprint density at radius 1 is 1.35 bits per heavy atom. The Balaban J connectivity index is 1.74. The zero-order valence-corrected chi connectivity index (χ0v) is 11.6. The van der Waals surface area contributed by atoms with Gasteiger partial charge in [0.2, 0.25) is 0 Å². The maximum atomic E-state index is 4.44. The highest BCUT2D eigenvalue weighted by Crippen LogP contribution is 2.29. The molecule has 1 atom stereocenters. The highest BCUT2D eigenvalue weighted by atomic mass is 79.9. The van der Waals surface area contributed by atoms with Gasteiger partial charge in [0.05, 0.1) is 0 Å². The molecule has 4 rings (SSSR count). The van der Waals surface area contributed by atoms with E-state index in [-0.39, 0.29) is 0 Å². The van der Waals surface area contributed by atoms with Crippen molar-refractivity contribution in [2.45, 2.75) is 25.8 Å².